The molecule has 0 atom stereocenters. The molecule has 3 aromatic rings. The lowest BCUT2D eigenvalue weighted by Crippen LogP contribution is -2.37. The van der Waals surface area contributed by atoms with E-state index < -0.39 is 17.4 Å². The second kappa shape index (κ2) is 7.21. The van der Waals surface area contributed by atoms with Crippen molar-refractivity contribution in [2.45, 2.75) is 25.6 Å². The average molecular weight is 389 g/mol. The van der Waals surface area contributed by atoms with E-state index in [-0.39, 0.29) is 5.92 Å². The van der Waals surface area contributed by atoms with Crippen molar-refractivity contribution in [2.75, 3.05) is 18.0 Å². The van der Waals surface area contributed by atoms with Crippen LogP contribution in [0.25, 0.3) is 10.8 Å². The monoisotopic (exact) mass is 389 g/mol. The molecule has 3 heterocycles. The molecule has 2 aromatic heterocycles. The Labute approximate surface area is 158 Å². The quantitative estimate of drug-likeness (QED) is 0.689. The van der Waals surface area contributed by atoms with Crippen LogP contribution in [0.1, 0.15) is 18.5 Å². The van der Waals surface area contributed by atoms with Crippen LogP contribution in [0, 0.1) is 5.92 Å². The number of fused-ring (bicyclic) bond motifs is 1. The van der Waals surface area contributed by atoms with E-state index in [1.54, 1.807) is 6.20 Å². The maximum Gasteiger partial charge on any atom is 0.433 e. The number of benzene rings is 1. The molecule has 1 aliphatic rings. The number of rotatable bonds is 3. The van der Waals surface area contributed by atoms with Crippen molar-refractivity contribution in [1.29, 1.82) is 0 Å². The van der Waals surface area contributed by atoms with Crippen LogP contribution in [-0.2, 0) is 12.7 Å². The topological polar surface area (TPSA) is 63.9 Å². The van der Waals surface area contributed by atoms with Crippen molar-refractivity contribution >= 4 is 16.6 Å². The third-order valence-electron chi connectivity index (χ3n) is 5.09. The molecule has 28 heavy (non-hydrogen) atoms. The summed E-state index contributed by atoms with van der Waals surface area (Å²) in [6, 6.07) is 8.48. The molecule has 0 saturated carbocycles. The third-order valence-corrected chi connectivity index (χ3v) is 5.09. The molecule has 0 bridgehead atoms. The molecule has 0 aliphatic carbocycles. The molecule has 146 valence electrons. The highest BCUT2D eigenvalue weighted by Crippen LogP contribution is 2.28. The predicted octanol–water partition coefficient (Wildman–Crippen LogP) is 3.12. The average Bonchev–Trinajstić information content (AvgIpc) is 2.69. The van der Waals surface area contributed by atoms with E-state index in [4.69, 9.17) is 0 Å². The largest absolute Gasteiger partial charge is 0.433 e. The molecule has 1 aromatic carbocycles. The minimum absolute atomic E-state index is 0.190. The van der Waals surface area contributed by atoms with Crippen LogP contribution in [0.3, 0.4) is 0 Å². The first-order valence-corrected chi connectivity index (χ1v) is 9.01. The molecule has 0 spiro atoms. The lowest BCUT2D eigenvalue weighted by atomic mass is 9.96. The van der Waals surface area contributed by atoms with Crippen LogP contribution >= 0.6 is 0 Å². The molecule has 1 fully saturated rings. The fraction of sp³-hybridized carbons (Fsp3) is 0.368. The number of hydrogen-bond acceptors (Lipinski definition) is 5. The van der Waals surface area contributed by atoms with Gasteiger partial charge in [-0.05, 0) is 18.8 Å². The second-order valence-corrected chi connectivity index (χ2v) is 6.95. The third kappa shape index (κ3) is 3.69. The van der Waals surface area contributed by atoms with E-state index >= 15 is 0 Å². The highest BCUT2D eigenvalue weighted by molar-refractivity contribution is 5.91. The Morgan fingerprint density at radius 1 is 1.14 bits per heavy atom. The van der Waals surface area contributed by atoms with Gasteiger partial charge in [-0.1, -0.05) is 24.3 Å². The summed E-state index contributed by atoms with van der Waals surface area (Å²) in [5, 5.41) is 10.4. The molecule has 1 saturated heterocycles. The first kappa shape index (κ1) is 18.4. The zero-order valence-electron chi connectivity index (χ0n) is 14.9. The van der Waals surface area contributed by atoms with Crippen molar-refractivity contribution < 1.29 is 13.2 Å². The van der Waals surface area contributed by atoms with Crippen LogP contribution in [0.15, 0.2) is 47.7 Å². The fourth-order valence-corrected chi connectivity index (χ4v) is 3.57. The number of nitrogens with zero attached hydrogens (tertiary/aromatic N) is 5. The standard InChI is InChI=1S/C19H18F3N5O/c20-19(21,22)16-9-17(28)27(12-23-16)11-13-5-7-26(8-6-13)18-15-4-2-1-3-14(15)10-24-25-18/h1-4,9-10,12-13H,5-8,11H2. The highest BCUT2D eigenvalue weighted by Gasteiger charge is 2.33. The summed E-state index contributed by atoms with van der Waals surface area (Å²) < 4.78 is 39.2. The lowest BCUT2D eigenvalue weighted by molar-refractivity contribution is -0.141. The minimum atomic E-state index is -4.61. The first-order chi connectivity index (χ1) is 13.4. The van der Waals surface area contributed by atoms with Crippen molar-refractivity contribution in [3.05, 3.63) is 58.9 Å². The Kier molecular flexibility index (Phi) is 4.74. The van der Waals surface area contributed by atoms with Crippen molar-refractivity contribution in [3.8, 4) is 0 Å². The van der Waals surface area contributed by atoms with Gasteiger partial charge >= 0.3 is 6.18 Å². The summed E-state index contributed by atoms with van der Waals surface area (Å²) in [5.74, 6) is 1.03. The molecule has 4 rings (SSSR count). The summed E-state index contributed by atoms with van der Waals surface area (Å²) >= 11 is 0. The van der Waals surface area contributed by atoms with Crippen molar-refractivity contribution in [1.82, 2.24) is 19.7 Å². The number of aromatic nitrogens is 4. The maximum absolute atomic E-state index is 12.6. The smallest absolute Gasteiger partial charge is 0.355 e. The molecule has 9 heteroatoms. The Balaban J connectivity index is 1.44. The van der Waals surface area contributed by atoms with Crippen molar-refractivity contribution in [2.24, 2.45) is 5.92 Å². The SMILES string of the molecule is O=c1cc(C(F)(F)F)ncn1CC1CCN(c2nncc3ccccc23)CC1. The zero-order valence-corrected chi connectivity index (χ0v) is 14.9. The van der Waals surface area contributed by atoms with E-state index in [0.29, 0.717) is 12.6 Å². The molecule has 0 N–H and O–H groups in total. The van der Waals surface area contributed by atoms with Gasteiger partial charge in [0.25, 0.3) is 5.56 Å². The Morgan fingerprint density at radius 2 is 1.89 bits per heavy atom. The first-order valence-electron chi connectivity index (χ1n) is 9.01. The molecular formula is C19H18F3N5O. The second-order valence-electron chi connectivity index (χ2n) is 6.95. The van der Waals surface area contributed by atoms with Gasteiger partial charge in [-0.2, -0.15) is 18.3 Å². The summed E-state index contributed by atoms with van der Waals surface area (Å²) in [4.78, 5) is 17.5. The van der Waals surface area contributed by atoms with Gasteiger partial charge in [-0.3, -0.25) is 9.36 Å². The molecule has 6 nitrogen and oxygen atoms in total. The summed E-state index contributed by atoms with van der Waals surface area (Å²) in [6.07, 6.45) is -0.275. The van der Waals surface area contributed by atoms with E-state index in [2.05, 4.69) is 20.1 Å². The molecule has 1 aliphatic heterocycles. The van der Waals surface area contributed by atoms with Crippen LogP contribution in [-0.4, -0.2) is 32.8 Å². The van der Waals surface area contributed by atoms with Crippen LogP contribution < -0.4 is 10.5 Å². The Morgan fingerprint density at radius 3 is 2.61 bits per heavy atom. The fourth-order valence-electron chi connectivity index (χ4n) is 3.57. The van der Waals surface area contributed by atoms with Gasteiger partial charge in [0.2, 0.25) is 0 Å². The number of hydrogen-bond donors (Lipinski definition) is 0. The van der Waals surface area contributed by atoms with E-state index in [0.717, 1.165) is 48.8 Å². The van der Waals surface area contributed by atoms with Gasteiger partial charge < -0.3 is 4.90 Å². The molecule has 0 radical (unpaired) electrons. The number of anilines is 1. The lowest BCUT2D eigenvalue weighted by Gasteiger charge is -2.33. The van der Waals surface area contributed by atoms with E-state index in [1.807, 2.05) is 24.3 Å². The molecular weight excluding hydrogens is 371 g/mol. The summed E-state index contributed by atoms with van der Waals surface area (Å²) in [6.45, 7) is 1.85. The number of alkyl halides is 3. The van der Waals surface area contributed by atoms with Gasteiger partial charge in [0.15, 0.2) is 11.5 Å². The normalized spacial score (nSPS) is 15.9. The van der Waals surface area contributed by atoms with Gasteiger partial charge in [0.1, 0.15) is 0 Å². The van der Waals surface area contributed by atoms with Gasteiger partial charge in [0.05, 0.1) is 12.5 Å². The van der Waals surface area contributed by atoms with Gasteiger partial charge in [-0.15, -0.1) is 5.10 Å². The Bertz CT molecular complexity index is 1040. The summed E-state index contributed by atoms with van der Waals surface area (Å²) in [7, 11) is 0. The predicted molar refractivity (Wildman–Crippen MR) is 98.0 cm³/mol. The summed E-state index contributed by atoms with van der Waals surface area (Å²) in [5.41, 5.74) is -1.83. The maximum atomic E-state index is 12.6. The van der Waals surface area contributed by atoms with Gasteiger partial charge in [-0.25, -0.2) is 4.98 Å². The van der Waals surface area contributed by atoms with Crippen LogP contribution in [0.2, 0.25) is 0 Å². The van der Waals surface area contributed by atoms with Crippen molar-refractivity contribution in [3.63, 3.8) is 0 Å². The minimum Gasteiger partial charge on any atom is -0.355 e. The van der Waals surface area contributed by atoms with E-state index in [9.17, 15) is 18.0 Å². The van der Waals surface area contributed by atoms with Gasteiger partial charge in [0, 0.05) is 36.5 Å². The zero-order chi connectivity index (χ0) is 19.7. The highest BCUT2D eigenvalue weighted by atomic mass is 19.4. The number of halogens is 3. The van der Waals surface area contributed by atoms with Crippen LogP contribution in [0.5, 0.6) is 0 Å². The van der Waals surface area contributed by atoms with Crippen LogP contribution in [0.4, 0.5) is 19.0 Å². The Hall–Kier alpha value is -2.97. The molecule has 0 unspecified atom stereocenters. The molecule has 0 amide bonds. The number of piperidine rings is 1. The van der Waals surface area contributed by atoms with E-state index in [1.165, 1.54) is 4.57 Å².